The van der Waals surface area contributed by atoms with E-state index < -0.39 is 0 Å². The third-order valence-electron chi connectivity index (χ3n) is 3.21. The van der Waals surface area contributed by atoms with Gasteiger partial charge in [0.25, 0.3) is 0 Å². The number of nitrogens with two attached hydrogens (primary N) is 1. The molecule has 19 heavy (non-hydrogen) atoms. The Morgan fingerprint density at radius 3 is 3.05 bits per heavy atom. The maximum Gasteiger partial charge on any atom is 0.227 e. The maximum absolute atomic E-state index is 13.2. The molecule has 1 aromatic carbocycles. The lowest BCUT2D eigenvalue weighted by Crippen LogP contribution is -2.43. The number of hydrogen-bond acceptors (Lipinski definition) is 3. The fraction of sp³-hybridized carbons (Fsp3) is 0.500. The van der Waals surface area contributed by atoms with Gasteiger partial charge in [-0.2, -0.15) is 0 Å². The SMILES string of the molecule is C[C@H](CN)CC(=O)N1C[C@H](C)Oc2cc(F)ccc21. The minimum Gasteiger partial charge on any atom is -0.487 e. The molecule has 1 aliphatic heterocycles. The van der Waals surface area contributed by atoms with Crippen molar-refractivity contribution in [2.75, 3.05) is 18.0 Å². The van der Waals surface area contributed by atoms with Crippen LogP contribution in [-0.4, -0.2) is 25.1 Å². The first kappa shape index (κ1) is 13.8. The van der Waals surface area contributed by atoms with Gasteiger partial charge in [0.2, 0.25) is 5.91 Å². The Morgan fingerprint density at radius 2 is 2.37 bits per heavy atom. The van der Waals surface area contributed by atoms with Gasteiger partial charge in [-0.15, -0.1) is 0 Å². The summed E-state index contributed by atoms with van der Waals surface area (Å²) in [5, 5.41) is 0. The van der Waals surface area contributed by atoms with E-state index in [1.54, 1.807) is 11.0 Å². The summed E-state index contributed by atoms with van der Waals surface area (Å²) in [4.78, 5) is 13.9. The fourth-order valence-electron chi connectivity index (χ4n) is 2.14. The number of hydrogen-bond donors (Lipinski definition) is 1. The van der Waals surface area contributed by atoms with E-state index in [4.69, 9.17) is 10.5 Å². The predicted molar refractivity (Wildman–Crippen MR) is 71.7 cm³/mol. The Labute approximate surface area is 112 Å². The van der Waals surface area contributed by atoms with Crippen LogP contribution in [0.1, 0.15) is 20.3 Å². The molecule has 2 N–H and O–H groups in total. The lowest BCUT2D eigenvalue weighted by Gasteiger charge is -2.34. The van der Waals surface area contributed by atoms with Gasteiger partial charge in [0, 0.05) is 12.5 Å². The lowest BCUT2D eigenvalue weighted by atomic mass is 10.1. The molecule has 0 aliphatic carbocycles. The van der Waals surface area contributed by atoms with E-state index in [1.807, 2.05) is 13.8 Å². The summed E-state index contributed by atoms with van der Waals surface area (Å²) in [6.45, 7) is 4.75. The smallest absolute Gasteiger partial charge is 0.227 e. The Bertz CT molecular complexity index is 479. The van der Waals surface area contributed by atoms with E-state index in [0.717, 1.165) is 0 Å². The summed E-state index contributed by atoms with van der Waals surface area (Å²) in [5.74, 6) is 0.193. The minimum absolute atomic E-state index is 0.000887. The molecule has 0 saturated heterocycles. The molecule has 5 heteroatoms. The van der Waals surface area contributed by atoms with Gasteiger partial charge in [-0.25, -0.2) is 4.39 Å². The van der Waals surface area contributed by atoms with Crippen LogP contribution in [-0.2, 0) is 4.79 Å². The van der Waals surface area contributed by atoms with Crippen LogP contribution in [0.4, 0.5) is 10.1 Å². The van der Waals surface area contributed by atoms with Crippen molar-refractivity contribution in [3.63, 3.8) is 0 Å². The summed E-state index contributed by atoms with van der Waals surface area (Å²) >= 11 is 0. The minimum atomic E-state index is -0.365. The number of amides is 1. The van der Waals surface area contributed by atoms with Gasteiger partial charge >= 0.3 is 0 Å². The monoisotopic (exact) mass is 266 g/mol. The van der Waals surface area contributed by atoms with Gasteiger partial charge < -0.3 is 15.4 Å². The van der Waals surface area contributed by atoms with E-state index in [-0.39, 0.29) is 23.7 Å². The van der Waals surface area contributed by atoms with E-state index >= 15 is 0 Å². The molecule has 104 valence electrons. The molecule has 0 unspecified atom stereocenters. The molecule has 0 fully saturated rings. The average Bonchev–Trinajstić information content (AvgIpc) is 2.36. The van der Waals surface area contributed by atoms with Crippen molar-refractivity contribution in [3.8, 4) is 5.75 Å². The van der Waals surface area contributed by atoms with Gasteiger partial charge in [-0.05, 0) is 31.5 Å². The van der Waals surface area contributed by atoms with Crippen molar-refractivity contribution in [1.29, 1.82) is 0 Å². The maximum atomic E-state index is 13.2. The van der Waals surface area contributed by atoms with Crippen LogP contribution in [0.5, 0.6) is 5.75 Å². The molecule has 0 saturated carbocycles. The van der Waals surface area contributed by atoms with Crippen molar-refractivity contribution in [3.05, 3.63) is 24.0 Å². The first-order valence-electron chi connectivity index (χ1n) is 6.48. The van der Waals surface area contributed by atoms with Gasteiger partial charge in [-0.1, -0.05) is 6.92 Å². The van der Waals surface area contributed by atoms with Crippen LogP contribution < -0.4 is 15.4 Å². The molecule has 0 aromatic heterocycles. The summed E-state index contributed by atoms with van der Waals surface area (Å²) in [5.41, 5.74) is 6.18. The fourth-order valence-corrected chi connectivity index (χ4v) is 2.14. The summed E-state index contributed by atoms with van der Waals surface area (Å²) in [7, 11) is 0. The lowest BCUT2D eigenvalue weighted by molar-refractivity contribution is -0.119. The highest BCUT2D eigenvalue weighted by molar-refractivity contribution is 5.95. The summed E-state index contributed by atoms with van der Waals surface area (Å²) < 4.78 is 18.8. The standard InChI is InChI=1S/C14H19FN2O2/c1-9(7-16)5-14(18)17-8-10(2)19-13-6-11(15)3-4-12(13)17/h3-4,6,9-10H,5,7-8,16H2,1-2H3/t9-,10-/m0/s1. The van der Waals surface area contributed by atoms with Gasteiger partial charge in [-0.3, -0.25) is 4.79 Å². The normalized spacial score (nSPS) is 19.6. The van der Waals surface area contributed by atoms with Crippen molar-refractivity contribution in [1.82, 2.24) is 0 Å². The molecule has 2 atom stereocenters. The van der Waals surface area contributed by atoms with E-state index in [0.29, 0.717) is 30.9 Å². The molecule has 1 aromatic rings. The average molecular weight is 266 g/mol. The van der Waals surface area contributed by atoms with Crippen LogP contribution in [0.3, 0.4) is 0 Å². The number of anilines is 1. The van der Waals surface area contributed by atoms with Crippen molar-refractivity contribution in [2.45, 2.75) is 26.4 Å². The Hall–Kier alpha value is -1.62. The molecule has 1 aliphatic rings. The van der Waals surface area contributed by atoms with Crippen LogP contribution in [0.2, 0.25) is 0 Å². The highest BCUT2D eigenvalue weighted by Gasteiger charge is 2.28. The molecule has 0 spiro atoms. The van der Waals surface area contributed by atoms with Crippen molar-refractivity contribution >= 4 is 11.6 Å². The van der Waals surface area contributed by atoms with E-state index in [9.17, 15) is 9.18 Å². The van der Waals surface area contributed by atoms with Crippen LogP contribution in [0.25, 0.3) is 0 Å². The number of fused-ring (bicyclic) bond motifs is 1. The number of nitrogens with zero attached hydrogens (tertiary/aromatic N) is 1. The van der Waals surface area contributed by atoms with E-state index in [1.165, 1.54) is 12.1 Å². The largest absolute Gasteiger partial charge is 0.487 e. The van der Waals surface area contributed by atoms with Gasteiger partial charge in [0.15, 0.2) is 0 Å². The van der Waals surface area contributed by atoms with Gasteiger partial charge in [0.1, 0.15) is 17.7 Å². The quantitative estimate of drug-likeness (QED) is 0.909. The van der Waals surface area contributed by atoms with E-state index in [2.05, 4.69) is 0 Å². The molecule has 0 bridgehead atoms. The summed E-state index contributed by atoms with van der Waals surface area (Å²) in [6, 6.07) is 4.24. The zero-order valence-electron chi connectivity index (χ0n) is 11.2. The Kier molecular flexibility index (Phi) is 4.04. The van der Waals surface area contributed by atoms with Crippen LogP contribution in [0, 0.1) is 11.7 Å². The first-order chi connectivity index (χ1) is 9.01. The molecule has 1 amide bonds. The zero-order chi connectivity index (χ0) is 14.0. The zero-order valence-corrected chi connectivity index (χ0v) is 11.2. The molecule has 1 heterocycles. The highest BCUT2D eigenvalue weighted by Crippen LogP contribution is 2.34. The highest BCUT2D eigenvalue weighted by atomic mass is 19.1. The predicted octanol–water partition coefficient (Wildman–Crippen LogP) is 1.92. The first-order valence-corrected chi connectivity index (χ1v) is 6.48. The van der Waals surface area contributed by atoms with Crippen LogP contribution in [0.15, 0.2) is 18.2 Å². The number of ether oxygens (including phenoxy) is 1. The summed E-state index contributed by atoms with van der Waals surface area (Å²) in [6.07, 6.45) is 0.242. The third kappa shape index (κ3) is 3.04. The van der Waals surface area contributed by atoms with Crippen molar-refractivity contribution < 1.29 is 13.9 Å². The Balaban J connectivity index is 2.25. The topological polar surface area (TPSA) is 55.6 Å². The molecule has 0 radical (unpaired) electrons. The number of carbonyl (C=O) groups excluding carboxylic acids is 1. The molecule has 2 rings (SSSR count). The Morgan fingerprint density at radius 1 is 1.63 bits per heavy atom. The second-order valence-corrected chi connectivity index (χ2v) is 5.09. The number of halogens is 1. The molecular weight excluding hydrogens is 247 g/mol. The molecular formula is C14H19FN2O2. The van der Waals surface area contributed by atoms with Crippen molar-refractivity contribution in [2.24, 2.45) is 11.7 Å². The second kappa shape index (κ2) is 5.57. The van der Waals surface area contributed by atoms with Gasteiger partial charge in [0.05, 0.1) is 12.2 Å². The number of rotatable bonds is 3. The third-order valence-corrected chi connectivity index (χ3v) is 3.21. The number of benzene rings is 1. The number of carbonyl (C=O) groups is 1. The second-order valence-electron chi connectivity index (χ2n) is 5.09. The molecule has 4 nitrogen and oxygen atoms in total. The van der Waals surface area contributed by atoms with Crippen LogP contribution >= 0.6 is 0 Å².